The van der Waals surface area contributed by atoms with Crippen molar-refractivity contribution in [3.05, 3.63) is 80.4 Å². The highest BCUT2D eigenvalue weighted by Crippen LogP contribution is 2.32. The third-order valence-electron chi connectivity index (χ3n) is 7.20. The maximum atomic E-state index is 13.8. The van der Waals surface area contributed by atoms with E-state index in [4.69, 9.17) is 21.3 Å². The number of thiazole rings is 1. The molecule has 5 rings (SSSR count). The maximum absolute atomic E-state index is 13.8. The third kappa shape index (κ3) is 5.87. The molecule has 1 atom stereocenters. The highest BCUT2D eigenvalue weighted by Gasteiger charge is 2.37. The first-order chi connectivity index (χ1) is 20.4. The molecule has 2 aromatic carbocycles. The minimum atomic E-state index is -4.08. The number of piperazine rings is 1. The molecule has 2 aromatic heterocycles. The summed E-state index contributed by atoms with van der Waals surface area (Å²) in [5, 5.41) is 18.2. The van der Waals surface area contributed by atoms with Crippen LogP contribution < -0.4 is 4.74 Å². The summed E-state index contributed by atoms with van der Waals surface area (Å²) in [5.41, 5.74) is 2.29. The Morgan fingerprint density at radius 1 is 1.21 bits per heavy atom. The molecule has 1 aliphatic heterocycles. The highest BCUT2D eigenvalue weighted by molar-refractivity contribution is 7.89. The first-order valence-electron chi connectivity index (χ1n) is 13.4. The molecular weight excluding hydrogens is 616 g/mol. The van der Waals surface area contributed by atoms with E-state index in [-0.39, 0.29) is 41.4 Å². The number of rotatable bonds is 8. The molecule has 0 bridgehead atoms. The van der Waals surface area contributed by atoms with Crippen LogP contribution in [0.2, 0.25) is 5.02 Å². The zero-order valence-corrected chi connectivity index (χ0v) is 26.2. The van der Waals surface area contributed by atoms with Gasteiger partial charge in [0.05, 0.1) is 40.1 Å². The molecule has 4 aromatic rings. The Bertz CT molecular complexity index is 1800. The topological polar surface area (TPSA) is 141 Å². The Morgan fingerprint density at radius 2 is 1.98 bits per heavy atom. The number of aromatic nitrogens is 3. The summed E-state index contributed by atoms with van der Waals surface area (Å²) in [6.45, 7) is 5.93. The zero-order chi connectivity index (χ0) is 31.1. The lowest BCUT2D eigenvalue weighted by atomic mass is 10.0. The van der Waals surface area contributed by atoms with Crippen molar-refractivity contribution in [2.45, 2.75) is 37.6 Å². The van der Waals surface area contributed by atoms with Crippen LogP contribution >= 0.6 is 22.9 Å². The first kappa shape index (κ1) is 30.6. The van der Waals surface area contributed by atoms with Crippen LogP contribution in [0.1, 0.15) is 42.7 Å². The molecule has 0 saturated carbocycles. The summed E-state index contributed by atoms with van der Waals surface area (Å²) in [7, 11) is -2.47. The molecular formula is C28H29ClN6O6S2. The minimum Gasteiger partial charge on any atom is -0.497 e. The van der Waals surface area contributed by atoms with E-state index >= 15 is 0 Å². The predicted octanol–water partition coefficient (Wildman–Crippen LogP) is 5.22. The largest absolute Gasteiger partial charge is 0.497 e. The van der Waals surface area contributed by atoms with Gasteiger partial charge in [-0.25, -0.2) is 18.1 Å². The monoisotopic (exact) mass is 644 g/mol. The third-order valence-corrected chi connectivity index (χ3v) is 10.3. The number of hydrogen-bond acceptors (Lipinski definition) is 9. The molecule has 0 radical (unpaired) electrons. The summed E-state index contributed by atoms with van der Waals surface area (Å²) in [6, 6.07) is 10.4. The van der Waals surface area contributed by atoms with Crippen molar-refractivity contribution >= 4 is 44.6 Å². The van der Waals surface area contributed by atoms with Crippen LogP contribution in [0.15, 0.2) is 58.9 Å². The predicted molar refractivity (Wildman–Crippen MR) is 163 cm³/mol. The van der Waals surface area contributed by atoms with Gasteiger partial charge >= 0.3 is 0 Å². The molecule has 1 saturated heterocycles. The van der Waals surface area contributed by atoms with Crippen molar-refractivity contribution < 1.29 is 22.9 Å². The number of ether oxygens (including phenoxy) is 1. The molecule has 1 amide bonds. The standard InChI is InChI=1S/C28H29ClN6O6S2/c1-17(2)26-22(14-30-34(26)28-31-24(16-42-28)19-6-5-7-20(12-19)41-4)27(36)32-10-11-33(18(3)15-32)43(39,40)21-8-9-23(29)25(13-21)35(37)38/h5-9,12-14,16-18H,10-11,15H2,1-4H3/t18-/m0/s1. The van der Waals surface area contributed by atoms with E-state index in [0.717, 1.165) is 23.1 Å². The number of benzene rings is 2. The van der Waals surface area contributed by atoms with Crippen LogP contribution in [0.4, 0.5) is 5.69 Å². The number of nitro benzene ring substituents is 1. The van der Waals surface area contributed by atoms with E-state index in [1.807, 2.05) is 43.5 Å². The van der Waals surface area contributed by atoms with Crippen molar-refractivity contribution in [1.82, 2.24) is 24.0 Å². The average molecular weight is 645 g/mol. The van der Waals surface area contributed by atoms with Gasteiger partial charge in [0.2, 0.25) is 15.2 Å². The Morgan fingerprint density at radius 3 is 2.65 bits per heavy atom. The van der Waals surface area contributed by atoms with Crippen molar-refractivity contribution in [2.75, 3.05) is 26.7 Å². The molecule has 12 nitrogen and oxygen atoms in total. The summed E-state index contributed by atoms with van der Waals surface area (Å²) < 4.78 is 35.1. The van der Waals surface area contributed by atoms with Gasteiger partial charge in [0.15, 0.2) is 0 Å². The normalized spacial score (nSPS) is 16.0. The quantitative estimate of drug-likeness (QED) is 0.188. The van der Waals surface area contributed by atoms with Crippen LogP contribution in [0.3, 0.4) is 0 Å². The van der Waals surface area contributed by atoms with E-state index in [2.05, 4.69) is 5.10 Å². The molecule has 0 unspecified atom stereocenters. The van der Waals surface area contributed by atoms with E-state index in [1.54, 1.807) is 23.6 Å². The second-order valence-corrected chi connectivity index (χ2v) is 13.5. The molecule has 43 heavy (non-hydrogen) atoms. The highest BCUT2D eigenvalue weighted by atomic mass is 35.5. The first-order valence-corrected chi connectivity index (χ1v) is 16.1. The molecule has 0 spiro atoms. The number of sulfonamides is 1. The summed E-state index contributed by atoms with van der Waals surface area (Å²) in [5.74, 6) is 0.398. The smallest absolute Gasteiger partial charge is 0.289 e. The van der Waals surface area contributed by atoms with Gasteiger partial charge in [0.1, 0.15) is 10.8 Å². The van der Waals surface area contributed by atoms with Crippen LogP contribution in [-0.2, 0) is 10.0 Å². The molecule has 1 fully saturated rings. The molecule has 3 heterocycles. The number of nitrogens with zero attached hydrogens (tertiary/aromatic N) is 6. The molecule has 226 valence electrons. The summed E-state index contributed by atoms with van der Waals surface area (Å²) in [4.78, 5) is 30.5. The van der Waals surface area contributed by atoms with Crippen molar-refractivity contribution in [3.8, 4) is 22.1 Å². The number of carbonyl (C=O) groups excluding carboxylic acids is 1. The second-order valence-electron chi connectivity index (χ2n) is 10.3. The van der Waals surface area contributed by atoms with Crippen LogP contribution in [0, 0.1) is 10.1 Å². The van der Waals surface area contributed by atoms with Crippen molar-refractivity contribution in [3.63, 3.8) is 0 Å². The molecule has 0 N–H and O–H groups in total. The zero-order valence-electron chi connectivity index (χ0n) is 23.8. The van der Waals surface area contributed by atoms with Gasteiger partial charge in [0, 0.05) is 42.7 Å². The fraction of sp³-hybridized carbons (Fsp3) is 0.321. The van der Waals surface area contributed by atoms with Crippen LogP contribution in [0.5, 0.6) is 5.75 Å². The summed E-state index contributed by atoms with van der Waals surface area (Å²) in [6.07, 6.45) is 1.53. The Kier molecular flexibility index (Phi) is 8.56. The van der Waals surface area contributed by atoms with Gasteiger partial charge < -0.3 is 9.64 Å². The Labute approximate surface area is 257 Å². The van der Waals surface area contributed by atoms with E-state index in [9.17, 15) is 23.3 Å². The average Bonchev–Trinajstić information content (AvgIpc) is 3.64. The number of methoxy groups -OCH3 is 1. The Hall–Kier alpha value is -3.85. The maximum Gasteiger partial charge on any atom is 0.289 e. The number of amides is 1. The number of carbonyl (C=O) groups is 1. The molecule has 15 heteroatoms. The van der Waals surface area contributed by atoms with Gasteiger partial charge in [-0.2, -0.15) is 9.40 Å². The molecule has 0 aliphatic carbocycles. The van der Waals surface area contributed by atoms with Crippen molar-refractivity contribution in [1.29, 1.82) is 0 Å². The number of nitro groups is 1. The van der Waals surface area contributed by atoms with Crippen LogP contribution in [-0.4, -0.2) is 76.0 Å². The van der Waals surface area contributed by atoms with Crippen LogP contribution in [0.25, 0.3) is 16.4 Å². The molecule has 1 aliphatic rings. The van der Waals surface area contributed by atoms with E-state index < -0.39 is 26.7 Å². The summed E-state index contributed by atoms with van der Waals surface area (Å²) >= 11 is 7.28. The Balaban J connectivity index is 1.37. The van der Waals surface area contributed by atoms with Crippen molar-refractivity contribution in [2.24, 2.45) is 0 Å². The fourth-order valence-corrected chi connectivity index (χ4v) is 7.71. The fourth-order valence-electron chi connectivity index (χ4n) is 5.09. The SMILES string of the molecule is COc1cccc(-c2csc(-n3ncc(C(=O)N4CCN(S(=O)(=O)c5ccc(Cl)c([N+](=O)[O-])c5)[C@@H](C)C4)c3C(C)C)n2)c1. The van der Waals surface area contributed by atoms with Gasteiger partial charge in [-0.15, -0.1) is 11.3 Å². The van der Waals surface area contributed by atoms with Gasteiger partial charge in [-0.05, 0) is 37.1 Å². The lowest BCUT2D eigenvalue weighted by Gasteiger charge is -2.39. The number of hydrogen-bond donors (Lipinski definition) is 0. The van der Waals surface area contributed by atoms with Gasteiger partial charge in [0.25, 0.3) is 11.6 Å². The van der Waals surface area contributed by atoms with E-state index in [1.165, 1.54) is 34.0 Å². The number of halogens is 1. The van der Waals surface area contributed by atoms with Gasteiger partial charge in [-0.1, -0.05) is 37.6 Å². The van der Waals surface area contributed by atoms with Gasteiger partial charge in [-0.3, -0.25) is 14.9 Å². The lowest BCUT2D eigenvalue weighted by molar-refractivity contribution is -0.384. The minimum absolute atomic E-state index is 0.0210. The lowest BCUT2D eigenvalue weighted by Crippen LogP contribution is -2.55. The second kappa shape index (κ2) is 12.0. The van der Waals surface area contributed by atoms with E-state index in [0.29, 0.717) is 16.4 Å².